The number of urea groups is 1. The molecule has 0 bridgehead atoms. The fourth-order valence-corrected chi connectivity index (χ4v) is 2.28. The van der Waals surface area contributed by atoms with Gasteiger partial charge in [-0.2, -0.15) is 0 Å². The Hall–Kier alpha value is -2.04. The van der Waals surface area contributed by atoms with Crippen LogP contribution in [0.15, 0.2) is 30.3 Å². The normalized spacial score (nSPS) is 11.6. The average Bonchev–Trinajstić information content (AvgIpc) is 2.54. The van der Waals surface area contributed by atoms with E-state index in [1.807, 2.05) is 44.2 Å². The second kappa shape index (κ2) is 9.82. The third kappa shape index (κ3) is 5.76. The second-order valence-electron chi connectivity index (χ2n) is 5.20. The van der Waals surface area contributed by atoms with Gasteiger partial charge < -0.3 is 15.0 Å². The van der Waals surface area contributed by atoms with Crippen molar-refractivity contribution >= 4 is 12.0 Å². The van der Waals surface area contributed by atoms with Gasteiger partial charge in [0.25, 0.3) is 0 Å². The number of benzene rings is 1. The van der Waals surface area contributed by atoms with Gasteiger partial charge in [0.15, 0.2) is 0 Å². The first-order valence-electron chi connectivity index (χ1n) is 7.79. The maximum Gasteiger partial charge on any atom is 0.328 e. The number of methoxy groups -OCH3 is 1. The Kier molecular flexibility index (Phi) is 8.04. The Morgan fingerprint density at radius 1 is 1.14 bits per heavy atom. The minimum Gasteiger partial charge on any atom is -0.467 e. The van der Waals surface area contributed by atoms with E-state index in [4.69, 9.17) is 4.74 Å². The molecule has 122 valence electrons. The highest BCUT2D eigenvalue weighted by Gasteiger charge is 2.24. The summed E-state index contributed by atoms with van der Waals surface area (Å²) < 4.78 is 4.81. The highest BCUT2D eigenvalue weighted by atomic mass is 16.5. The molecule has 0 aliphatic rings. The van der Waals surface area contributed by atoms with Gasteiger partial charge in [-0.25, -0.2) is 9.59 Å². The number of carbonyl (C=O) groups is 2. The summed E-state index contributed by atoms with van der Waals surface area (Å²) in [6.07, 6.45) is 2.19. The van der Waals surface area contributed by atoms with Gasteiger partial charge in [-0.15, -0.1) is 0 Å². The van der Waals surface area contributed by atoms with E-state index < -0.39 is 12.0 Å². The van der Waals surface area contributed by atoms with Crippen LogP contribution in [0.25, 0.3) is 0 Å². The molecular formula is C17H26N2O3. The van der Waals surface area contributed by atoms with Crippen molar-refractivity contribution in [1.29, 1.82) is 0 Å². The van der Waals surface area contributed by atoms with Crippen LogP contribution in [0, 0.1) is 0 Å². The Labute approximate surface area is 132 Å². The van der Waals surface area contributed by atoms with Gasteiger partial charge in [0, 0.05) is 19.5 Å². The standard InChI is InChI=1S/C17H26N2O3/c1-4-11-19(12-5-2)17(21)18-15(16(20)22-3)13-14-9-7-6-8-10-14/h6-10,15H,4-5,11-13H2,1-3H3,(H,18,21)/t15-/m0/s1. The van der Waals surface area contributed by atoms with Crippen LogP contribution < -0.4 is 5.32 Å². The number of rotatable bonds is 8. The topological polar surface area (TPSA) is 58.6 Å². The van der Waals surface area contributed by atoms with Crippen LogP contribution >= 0.6 is 0 Å². The molecule has 22 heavy (non-hydrogen) atoms. The molecule has 0 heterocycles. The van der Waals surface area contributed by atoms with E-state index in [0.29, 0.717) is 19.5 Å². The molecule has 0 saturated heterocycles. The van der Waals surface area contributed by atoms with Crippen LogP contribution in [-0.2, 0) is 16.0 Å². The number of nitrogens with one attached hydrogen (secondary N) is 1. The predicted molar refractivity (Wildman–Crippen MR) is 86.6 cm³/mol. The second-order valence-corrected chi connectivity index (χ2v) is 5.20. The first-order chi connectivity index (χ1) is 10.6. The summed E-state index contributed by atoms with van der Waals surface area (Å²) in [5, 5.41) is 2.80. The van der Waals surface area contributed by atoms with Gasteiger partial charge in [-0.05, 0) is 18.4 Å². The summed E-state index contributed by atoms with van der Waals surface area (Å²) >= 11 is 0. The molecule has 1 aromatic rings. The molecule has 0 radical (unpaired) electrons. The van der Waals surface area contributed by atoms with Gasteiger partial charge in [0.2, 0.25) is 0 Å². The lowest BCUT2D eigenvalue weighted by molar-refractivity contribution is -0.142. The summed E-state index contributed by atoms with van der Waals surface area (Å²) in [6, 6.07) is 8.71. The quantitative estimate of drug-likeness (QED) is 0.751. The first-order valence-corrected chi connectivity index (χ1v) is 7.79. The molecule has 2 amide bonds. The van der Waals surface area contributed by atoms with Crippen LogP contribution in [0.2, 0.25) is 0 Å². The number of carbonyl (C=O) groups excluding carboxylic acids is 2. The third-order valence-electron chi connectivity index (χ3n) is 3.34. The average molecular weight is 306 g/mol. The molecule has 0 aliphatic heterocycles. The molecule has 0 fully saturated rings. The largest absolute Gasteiger partial charge is 0.467 e. The van der Waals surface area contributed by atoms with E-state index in [0.717, 1.165) is 18.4 Å². The molecule has 5 heteroatoms. The van der Waals surface area contributed by atoms with Crippen molar-refractivity contribution in [1.82, 2.24) is 10.2 Å². The number of esters is 1. The highest BCUT2D eigenvalue weighted by Crippen LogP contribution is 2.06. The smallest absolute Gasteiger partial charge is 0.328 e. The zero-order valence-corrected chi connectivity index (χ0v) is 13.7. The number of ether oxygens (including phenoxy) is 1. The predicted octanol–water partition coefficient (Wildman–Crippen LogP) is 2.60. The molecule has 0 spiro atoms. The highest BCUT2D eigenvalue weighted by molar-refractivity contribution is 5.83. The van der Waals surface area contributed by atoms with Crippen LogP contribution in [-0.4, -0.2) is 43.1 Å². The first kappa shape index (κ1) is 18.0. The monoisotopic (exact) mass is 306 g/mol. The summed E-state index contributed by atoms with van der Waals surface area (Å²) in [5.74, 6) is -0.426. The summed E-state index contributed by atoms with van der Waals surface area (Å²) in [7, 11) is 1.34. The van der Waals surface area contributed by atoms with Crippen LogP contribution in [0.1, 0.15) is 32.3 Å². The van der Waals surface area contributed by atoms with E-state index in [2.05, 4.69) is 5.32 Å². The molecule has 0 saturated carbocycles. The zero-order valence-electron chi connectivity index (χ0n) is 13.7. The minimum atomic E-state index is -0.670. The molecule has 0 aliphatic carbocycles. The van der Waals surface area contributed by atoms with Crippen molar-refractivity contribution in [3.8, 4) is 0 Å². The minimum absolute atomic E-state index is 0.213. The third-order valence-corrected chi connectivity index (χ3v) is 3.34. The fraction of sp³-hybridized carbons (Fsp3) is 0.529. The van der Waals surface area contributed by atoms with Crippen molar-refractivity contribution in [2.45, 2.75) is 39.2 Å². The van der Waals surface area contributed by atoms with Crippen molar-refractivity contribution < 1.29 is 14.3 Å². The SMILES string of the molecule is CCCN(CCC)C(=O)N[C@@H](Cc1ccccc1)C(=O)OC. The fourth-order valence-electron chi connectivity index (χ4n) is 2.28. The van der Waals surface area contributed by atoms with E-state index in [1.54, 1.807) is 4.90 Å². The molecule has 0 unspecified atom stereocenters. The molecule has 0 aromatic heterocycles. The van der Waals surface area contributed by atoms with Crippen molar-refractivity contribution in [2.75, 3.05) is 20.2 Å². The van der Waals surface area contributed by atoms with Crippen LogP contribution in [0.4, 0.5) is 4.79 Å². The lowest BCUT2D eigenvalue weighted by atomic mass is 10.1. The van der Waals surface area contributed by atoms with Crippen molar-refractivity contribution in [2.24, 2.45) is 0 Å². The Bertz CT molecular complexity index is 456. The maximum absolute atomic E-state index is 12.4. The molecule has 1 N–H and O–H groups in total. The molecule has 1 atom stereocenters. The van der Waals surface area contributed by atoms with Gasteiger partial charge >= 0.3 is 12.0 Å². The summed E-state index contributed by atoms with van der Waals surface area (Å²) in [4.78, 5) is 26.0. The number of hydrogen-bond acceptors (Lipinski definition) is 3. The summed E-state index contributed by atoms with van der Waals surface area (Å²) in [6.45, 7) is 5.41. The van der Waals surface area contributed by atoms with Gasteiger partial charge in [-0.3, -0.25) is 0 Å². The zero-order chi connectivity index (χ0) is 16.4. The molecule has 5 nitrogen and oxygen atoms in total. The van der Waals surface area contributed by atoms with Crippen LogP contribution in [0.3, 0.4) is 0 Å². The number of nitrogens with zero attached hydrogens (tertiary/aromatic N) is 1. The van der Waals surface area contributed by atoms with Gasteiger partial charge in [-0.1, -0.05) is 44.2 Å². The molecule has 1 aromatic carbocycles. The van der Waals surface area contributed by atoms with Crippen LogP contribution in [0.5, 0.6) is 0 Å². The lowest BCUT2D eigenvalue weighted by Crippen LogP contribution is -2.49. The molecular weight excluding hydrogens is 280 g/mol. The van der Waals surface area contributed by atoms with Crippen molar-refractivity contribution in [3.05, 3.63) is 35.9 Å². The Morgan fingerprint density at radius 3 is 2.23 bits per heavy atom. The Morgan fingerprint density at radius 2 is 1.73 bits per heavy atom. The van der Waals surface area contributed by atoms with E-state index in [-0.39, 0.29) is 6.03 Å². The maximum atomic E-state index is 12.4. The van der Waals surface area contributed by atoms with Gasteiger partial charge in [0.05, 0.1) is 7.11 Å². The lowest BCUT2D eigenvalue weighted by Gasteiger charge is -2.25. The number of amides is 2. The Balaban J connectivity index is 2.75. The van der Waals surface area contributed by atoms with E-state index in [9.17, 15) is 9.59 Å². The van der Waals surface area contributed by atoms with E-state index >= 15 is 0 Å². The van der Waals surface area contributed by atoms with Crippen molar-refractivity contribution in [3.63, 3.8) is 0 Å². The molecule has 1 rings (SSSR count). The van der Waals surface area contributed by atoms with Gasteiger partial charge in [0.1, 0.15) is 6.04 Å². The van der Waals surface area contributed by atoms with E-state index in [1.165, 1.54) is 7.11 Å². The summed E-state index contributed by atoms with van der Waals surface area (Å²) in [5.41, 5.74) is 0.982. The number of hydrogen-bond donors (Lipinski definition) is 1.